The molecule has 0 amide bonds. The van der Waals surface area contributed by atoms with Crippen molar-refractivity contribution in [1.82, 2.24) is 15.6 Å². The molecule has 3 aromatic rings. The van der Waals surface area contributed by atoms with Gasteiger partial charge in [0.1, 0.15) is 17.7 Å². The molecule has 8 heteroatoms. The van der Waals surface area contributed by atoms with Crippen LogP contribution >= 0.6 is 35.3 Å². The second kappa shape index (κ2) is 11.8. The van der Waals surface area contributed by atoms with E-state index in [9.17, 15) is 0 Å². The van der Waals surface area contributed by atoms with Crippen LogP contribution in [0.15, 0.2) is 51.4 Å². The zero-order valence-electron chi connectivity index (χ0n) is 16.9. The van der Waals surface area contributed by atoms with Gasteiger partial charge in [-0.1, -0.05) is 23.8 Å². The molecule has 0 aliphatic heterocycles. The number of benzene rings is 1. The van der Waals surface area contributed by atoms with E-state index in [1.807, 2.05) is 30.5 Å². The zero-order valence-corrected chi connectivity index (χ0v) is 20.0. The molecule has 3 rings (SSSR count). The minimum atomic E-state index is 0. The van der Waals surface area contributed by atoms with E-state index in [4.69, 9.17) is 9.15 Å². The van der Waals surface area contributed by atoms with Gasteiger partial charge < -0.3 is 19.8 Å². The average Bonchev–Trinajstić information content (AvgIpc) is 3.38. The van der Waals surface area contributed by atoms with E-state index in [0.717, 1.165) is 41.8 Å². The number of aliphatic imine (C=N–C) groups is 1. The average molecular weight is 526 g/mol. The Kier molecular flexibility index (Phi) is 9.46. The molecule has 0 unspecified atom stereocenters. The maximum atomic E-state index is 5.55. The van der Waals surface area contributed by atoms with Crippen LogP contribution in [0.25, 0.3) is 10.8 Å². The van der Waals surface area contributed by atoms with Crippen molar-refractivity contribution in [3.63, 3.8) is 0 Å². The minimum Gasteiger partial charge on any atom is -0.496 e. The molecule has 0 fully saturated rings. The largest absolute Gasteiger partial charge is 0.496 e. The number of aryl methyl sites for hydroxylation is 1. The summed E-state index contributed by atoms with van der Waals surface area (Å²) < 4.78 is 11.0. The van der Waals surface area contributed by atoms with Crippen LogP contribution in [0.5, 0.6) is 5.75 Å². The van der Waals surface area contributed by atoms with Gasteiger partial charge in [0, 0.05) is 13.1 Å². The lowest BCUT2D eigenvalue weighted by molar-refractivity contribution is 0.409. The summed E-state index contributed by atoms with van der Waals surface area (Å²) >= 11 is 1.61. The first-order valence-corrected chi connectivity index (χ1v) is 10.2. The highest BCUT2D eigenvalue weighted by molar-refractivity contribution is 14.0. The van der Waals surface area contributed by atoms with E-state index in [2.05, 4.69) is 39.7 Å². The standard InChI is InChI=1S/C21H26N4O2S.HI/c1-4-22-21(23-10-9-16-12-15(2)7-8-18(16)26-3)24-13-17-14-27-20(25-17)19-6-5-11-28-19;/h5-8,11-12,14H,4,9-10,13H2,1-3H3,(H2,22,23,24);1H. The number of nitrogens with zero attached hydrogens (tertiary/aromatic N) is 2. The van der Waals surface area contributed by atoms with E-state index in [0.29, 0.717) is 12.4 Å². The Balaban J connectivity index is 0.00000300. The molecular weight excluding hydrogens is 499 g/mol. The van der Waals surface area contributed by atoms with Crippen LogP contribution in [0, 0.1) is 6.92 Å². The smallest absolute Gasteiger partial charge is 0.236 e. The van der Waals surface area contributed by atoms with Gasteiger partial charge >= 0.3 is 0 Å². The molecule has 1 aromatic carbocycles. The van der Waals surface area contributed by atoms with Gasteiger partial charge in [-0.2, -0.15) is 0 Å². The molecular formula is C21H27IN4O2S. The predicted octanol–water partition coefficient (Wildman–Crippen LogP) is 4.64. The fraction of sp³-hybridized carbons (Fsp3) is 0.333. The van der Waals surface area contributed by atoms with E-state index >= 15 is 0 Å². The van der Waals surface area contributed by atoms with Crippen LogP contribution in [-0.4, -0.2) is 31.1 Å². The number of guanidine groups is 1. The first kappa shape index (κ1) is 23.2. The SMILES string of the molecule is CCNC(=NCc1coc(-c2cccs2)n1)NCCc1cc(C)ccc1OC.I. The quantitative estimate of drug-likeness (QED) is 0.254. The third kappa shape index (κ3) is 6.74. The van der Waals surface area contributed by atoms with Crippen LogP contribution in [0.2, 0.25) is 0 Å². The number of nitrogens with one attached hydrogen (secondary N) is 2. The Morgan fingerprint density at radius 3 is 2.86 bits per heavy atom. The zero-order chi connectivity index (χ0) is 19.8. The summed E-state index contributed by atoms with van der Waals surface area (Å²) in [6, 6.07) is 10.2. The molecule has 0 aliphatic carbocycles. The molecule has 2 aromatic heterocycles. The molecule has 0 saturated carbocycles. The monoisotopic (exact) mass is 526 g/mol. The number of aromatic nitrogens is 1. The highest BCUT2D eigenvalue weighted by atomic mass is 127. The van der Waals surface area contributed by atoms with Gasteiger partial charge in [-0.15, -0.1) is 35.3 Å². The second-order valence-corrected chi connectivity index (χ2v) is 7.26. The minimum absolute atomic E-state index is 0. The molecule has 0 radical (unpaired) electrons. The highest BCUT2D eigenvalue weighted by Gasteiger charge is 2.08. The molecule has 0 atom stereocenters. The molecule has 2 heterocycles. The van der Waals surface area contributed by atoms with Gasteiger partial charge in [-0.25, -0.2) is 9.98 Å². The topological polar surface area (TPSA) is 71.7 Å². The summed E-state index contributed by atoms with van der Waals surface area (Å²) in [7, 11) is 1.70. The number of halogens is 1. The van der Waals surface area contributed by atoms with Gasteiger partial charge in [0.2, 0.25) is 5.89 Å². The summed E-state index contributed by atoms with van der Waals surface area (Å²) in [5.74, 6) is 2.32. The first-order chi connectivity index (χ1) is 13.7. The van der Waals surface area contributed by atoms with Gasteiger partial charge in [0.05, 0.1) is 18.5 Å². The van der Waals surface area contributed by atoms with E-state index < -0.39 is 0 Å². The second-order valence-electron chi connectivity index (χ2n) is 6.31. The van der Waals surface area contributed by atoms with Gasteiger partial charge in [0.15, 0.2) is 5.96 Å². The van der Waals surface area contributed by atoms with Crippen molar-refractivity contribution in [3.05, 3.63) is 58.8 Å². The molecule has 6 nitrogen and oxygen atoms in total. The van der Waals surface area contributed by atoms with Crippen molar-refractivity contribution in [3.8, 4) is 16.5 Å². The van der Waals surface area contributed by atoms with Crippen molar-refractivity contribution in [2.45, 2.75) is 26.8 Å². The number of oxazole rings is 1. The molecule has 0 saturated heterocycles. The van der Waals surface area contributed by atoms with Crippen LogP contribution in [-0.2, 0) is 13.0 Å². The fourth-order valence-corrected chi connectivity index (χ4v) is 3.47. The van der Waals surface area contributed by atoms with Gasteiger partial charge in [-0.3, -0.25) is 0 Å². The maximum absolute atomic E-state index is 5.55. The molecule has 0 spiro atoms. The third-order valence-electron chi connectivity index (χ3n) is 4.15. The first-order valence-electron chi connectivity index (χ1n) is 9.33. The van der Waals surface area contributed by atoms with Gasteiger partial charge in [-0.05, 0) is 43.3 Å². The number of hydrogen-bond acceptors (Lipinski definition) is 5. The Hall–Kier alpha value is -2.07. The number of thiophene rings is 1. The van der Waals surface area contributed by atoms with Crippen LogP contribution in [0.3, 0.4) is 0 Å². The number of methoxy groups -OCH3 is 1. The molecule has 0 aliphatic rings. The number of rotatable bonds is 8. The van der Waals surface area contributed by atoms with Gasteiger partial charge in [0.25, 0.3) is 0 Å². The van der Waals surface area contributed by atoms with Crippen molar-refractivity contribution in [1.29, 1.82) is 0 Å². The lowest BCUT2D eigenvalue weighted by atomic mass is 10.1. The highest BCUT2D eigenvalue weighted by Crippen LogP contribution is 2.23. The Labute approximate surface area is 192 Å². The Morgan fingerprint density at radius 1 is 1.28 bits per heavy atom. The maximum Gasteiger partial charge on any atom is 0.236 e. The summed E-state index contributed by atoms with van der Waals surface area (Å²) in [5, 5.41) is 8.64. The third-order valence-corrected chi connectivity index (χ3v) is 5.01. The number of hydrogen-bond donors (Lipinski definition) is 2. The van der Waals surface area contributed by atoms with Crippen molar-refractivity contribution < 1.29 is 9.15 Å². The summed E-state index contributed by atoms with van der Waals surface area (Å²) in [4.78, 5) is 10.1. The summed E-state index contributed by atoms with van der Waals surface area (Å²) in [6.45, 7) is 6.14. The Morgan fingerprint density at radius 2 is 2.14 bits per heavy atom. The lowest BCUT2D eigenvalue weighted by Gasteiger charge is -2.13. The molecule has 29 heavy (non-hydrogen) atoms. The Bertz CT molecular complexity index is 909. The van der Waals surface area contributed by atoms with Crippen molar-refractivity contribution in [2.24, 2.45) is 4.99 Å². The lowest BCUT2D eigenvalue weighted by Crippen LogP contribution is -2.38. The summed E-state index contributed by atoms with van der Waals surface area (Å²) in [5.41, 5.74) is 3.22. The predicted molar refractivity (Wildman–Crippen MR) is 129 cm³/mol. The molecule has 156 valence electrons. The van der Waals surface area contributed by atoms with Crippen LogP contribution in [0.1, 0.15) is 23.7 Å². The van der Waals surface area contributed by atoms with E-state index in [1.54, 1.807) is 24.7 Å². The summed E-state index contributed by atoms with van der Waals surface area (Å²) in [6.07, 6.45) is 2.52. The molecule has 0 bridgehead atoms. The van der Waals surface area contributed by atoms with E-state index in [-0.39, 0.29) is 24.0 Å². The van der Waals surface area contributed by atoms with Crippen molar-refractivity contribution in [2.75, 3.05) is 20.2 Å². The van der Waals surface area contributed by atoms with Crippen LogP contribution in [0.4, 0.5) is 0 Å². The molecule has 2 N–H and O–H groups in total. The van der Waals surface area contributed by atoms with Crippen molar-refractivity contribution >= 4 is 41.3 Å². The number of ether oxygens (including phenoxy) is 1. The fourth-order valence-electron chi connectivity index (χ4n) is 2.81. The van der Waals surface area contributed by atoms with Crippen LogP contribution < -0.4 is 15.4 Å². The van der Waals surface area contributed by atoms with E-state index in [1.165, 1.54) is 11.1 Å². The normalized spacial score (nSPS) is 11.1.